The first-order chi connectivity index (χ1) is 12.2. The van der Waals surface area contributed by atoms with Crippen LogP contribution >= 0.6 is 22.9 Å². The Labute approximate surface area is 155 Å². The number of hydrogen-bond acceptors (Lipinski definition) is 8. The van der Waals surface area contributed by atoms with Gasteiger partial charge < -0.3 is 4.42 Å². The first kappa shape index (κ1) is 18.6. The topological polar surface area (TPSA) is 102 Å². The molecule has 0 unspecified atom stereocenters. The maximum Gasteiger partial charge on any atom is 0.314 e. The molecule has 26 heavy (non-hydrogen) atoms. The van der Waals surface area contributed by atoms with Crippen molar-refractivity contribution < 1.29 is 21.6 Å². The van der Waals surface area contributed by atoms with Gasteiger partial charge in [-0.3, -0.25) is 9.29 Å². The number of aromatic nitrogens is 4. The molecule has 0 spiro atoms. The van der Waals surface area contributed by atoms with Crippen LogP contribution < -0.4 is 4.31 Å². The molecule has 0 aliphatic carbocycles. The third-order valence-electron chi connectivity index (χ3n) is 3.04. The molecule has 13 heteroatoms. The Morgan fingerprint density at radius 3 is 2.69 bits per heavy atom. The third-order valence-corrected chi connectivity index (χ3v) is 5.36. The molecule has 8 nitrogen and oxygen atoms in total. The smallest absolute Gasteiger partial charge is 0.314 e. The van der Waals surface area contributed by atoms with Crippen molar-refractivity contribution in [2.75, 3.05) is 10.6 Å². The van der Waals surface area contributed by atoms with Crippen molar-refractivity contribution in [2.45, 2.75) is 13.0 Å². The lowest BCUT2D eigenvalue weighted by Gasteiger charge is -2.21. The van der Waals surface area contributed by atoms with Crippen LogP contribution in [0.3, 0.4) is 0 Å². The number of hydrogen-bond donors (Lipinski definition) is 0. The molecule has 3 heterocycles. The summed E-state index contributed by atoms with van der Waals surface area (Å²) in [6.07, 6.45) is 2.31. The molecule has 0 radical (unpaired) electrons. The molecule has 3 rings (SSSR count). The standard InChI is InChI=1S/C13H10ClF2N5O3S2/c1-26(22,23)21(8-2-7(14)3-17-4-8)6-9-5-18-13(25-9)12-20-19-11(24-12)10(15)16/h2-5,10H,6H2,1H3. The summed E-state index contributed by atoms with van der Waals surface area (Å²) in [5.41, 5.74) is 0.285. The maximum atomic E-state index is 12.5. The van der Waals surface area contributed by atoms with Crippen LogP contribution in [-0.2, 0) is 16.6 Å². The van der Waals surface area contributed by atoms with Gasteiger partial charge in [-0.1, -0.05) is 11.6 Å². The number of nitrogens with zero attached hydrogens (tertiary/aromatic N) is 5. The van der Waals surface area contributed by atoms with Gasteiger partial charge in [0.25, 0.3) is 11.8 Å². The predicted molar refractivity (Wildman–Crippen MR) is 90.6 cm³/mol. The number of alkyl halides is 2. The molecule has 0 aromatic carbocycles. The lowest BCUT2D eigenvalue weighted by Crippen LogP contribution is -2.29. The van der Waals surface area contributed by atoms with Crippen LogP contribution in [-0.4, -0.2) is 34.8 Å². The number of halogens is 3. The van der Waals surface area contributed by atoms with Crippen LogP contribution in [0.25, 0.3) is 10.9 Å². The normalized spacial score (nSPS) is 11.9. The van der Waals surface area contributed by atoms with Crippen molar-refractivity contribution in [1.29, 1.82) is 0 Å². The minimum atomic E-state index is -3.63. The third kappa shape index (κ3) is 4.14. The van der Waals surface area contributed by atoms with Gasteiger partial charge in [-0.15, -0.1) is 21.5 Å². The highest BCUT2D eigenvalue weighted by Gasteiger charge is 2.22. The summed E-state index contributed by atoms with van der Waals surface area (Å²) in [6, 6.07) is 1.46. The quantitative estimate of drug-likeness (QED) is 0.602. The van der Waals surface area contributed by atoms with Crippen molar-refractivity contribution in [2.24, 2.45) is 0 Å². The monoisotopic (exact) mass is 421 g/mol. The Morgan fingerprint density at radius 1 is 1.31 bits per heavy atom. The van der Waals surface area contributed by atoms with Crippen LogP contribution in [0.4, 0.5) is 14.5 Å². The SMILES string of the molecule is CS(=O)(=O)N(Cc1cnc(-c2nnc(C(F)F)o2)s1)c1cncc(Cl)c1. The van der Waals surface area contributed by atoms with Gasteiger partial charge in [0.15, 0.2) is 5.01 Å². The number of rotatable bonds is 6. The van der Waals surface area contributed by atoms with Gasteiger partial charge in [-0.05, 0) is 6.07 Å². The number of sulfonamides is 1. The Hall–Kier alpha value is -2.18. The highest BCUT2D eigenvalue weighted by atomic mass is 35.5. The second-order valence-electron chi connectivity index (χ2n) is 5.01. The number of anilines is 1. The molecular weight excluding hydrogens is 412 g/mol. The molecule has 0 saturated heterocycles. The fraction of sp³-hybridized carbons (Fsp3) is 0.231. The van der Waals surface area contributed by atoms with Crippen molar-refractivity contribution in [3.63, 3.8) is 0 Å². The second-order valence-corrected chi connectivity index (χ2v) is 8.47. The molecule has 0 aliphatic rings. The number of thiazole rings is 1. The van der Waals surface area contributed by atoms with E-state index in [1.807, 2.05) is 0 Å². The van der Waals surface area contributed by atoms with Gasteiger partial charge in [-0.2, -0.15) is 8.78 Å². The van der Waals surface area contributed by atoms with Gasteiger partial charge in [0.1, 0.15) is 0 Å². The maximum absolute atomic E-state index is 12.5. The van der Waals surface area contributed by atoms with Crippen LogP contribution in [0.2, 0.25) is 5.02 Å². The molecule has 0 N–H and O–H groups in total. The molecule has 3 aromatic rings. The molecule has 3 aromatic heterocycles. The summed E-state index contributed by atoms with van der Waals surface area (Å²) in [5, 5.41) is 7.23. The number of pyridine rings is 1. The molecule has 0 aliphatic heterocycles. The summed E-state index contributed by atoms with van der Waals surface area (Å²) in [4.78, 5) is 8.43. The van der Waals surface area contributed by atoms with Crippen LogP contribution in [0.5, 0.6) is 0 Å². The predicted octanol–water partition coefficient (Wildman–Crippen LogP) is 3.15. The van der Waals surface area contributed by atoms with Crippen LogP contribution in [0.15, 0.2) is 29.1 Å². The van der Waals surface area contributed by atoms with E-state index in [1.54, 1.807) is 0 Å². The summed E-state index contributed by atoms with van der Waals surface area (Å²) < 4.78 is 55.2. The Bertz CT molecular complexity index is 1020. The van der Waals surface area contributed by atoms with Gasteiger partial charge >= 0.3 is 6.43 Å². The molecule has 0 fully saturated rings. The zero-order valence-corrected chi connectivity index (χ0v) is 15.4. The van der Waals surface area contributed by atoms with Crippen molar-refractivity contribution in [3.05, 3.63) is 40.4 Å². The van der Waals surface area contributed by atoms with Crippen molar-refractivity contribution in [3.8, 4) is 10.9 Å². The lowest BCUT2D eigenvalue weighted by molar-refractivity contribution is 0.116. The summed E-state index contributed by atoms with van der Waals surface area (Å²) in [5.74, 6) is -0.966. The molecule has 0 bridgehead atoms. The van der Waals surface area contributed by atoms with E-state index in [4.69, 9.17) is 16.0 Å². The largest absolute Gasteiger partial charge is 0.413 e. The molecule has 0 saturated carbocycles. The van der Waals surface area contributed by atoms with E-state index in [0.717, 1.165) is 21.9 Å². The van der Waals surface area contributed by atoms with E-state index in [2.05, 4.69) is 20.2 Å². The summed E-state index contributed by atoms with van der Waals surface area (Å²) in [7, 11) is -3.63. The van der Waals surface area contributed by atoms with E-state index >= 15 is 0 Å². The van der Waals surface area contributed by atoms with E-state index in [-0.39, 0.29) is 28.2 Å². The van der Waals surface area contributed by atoms with Gasteiger partial charge in [-0.25, -0.2) is 13.4 Å². The highest BCUT2D eigenvalue weighted by Crippen LogP contribution is 2.29. The zero-order valence-electron chi connectivity index (χ0n) is 13.0. The average Bonchev–Trinajstić information content (AvgIpc) is 3.20. The van der Waals surface area contributed by atoms with Crippen LogP contribution in [0, 0.1) is 0 Å². The minimum absolute atomic E-state index is 0.0473. The van der Waals surface area contributed by atoms with Gasteiger partial charge in [0.2, 0.25) is 10.0 Å². The van der Waals surface area contributed by atoms with Gasteiger partial charge in [0.05, 0.1) is 29.7 Å². The fourth-order valence-electron chi connectivity index (χ4n) is 1.97. The van der Waals surface area contributed by atoms with E-state index < -0.39 is 22.3 Å². The Morgan fingerprint density at radius 2 is 2.08 bits per heavy atom. The molecule has 0 atom stereocenters. The average molecular weight is 422 g/mol. The fourth-order valence-corrected chi connectivity index (χ4v) is 3.90. The molecule has 138 valence electrons. The van der Waals surface area contributed by atoms with E-state index in [1.165, 1.54) is 24.7 Å². The summed E-state index contributed by atoms with van der Waals surface area (Å²) in [6.45, 7) is -0.0473. The van der Waals surface area contributed by atoms with E-state index in [0.29, 0.717) is 4.88 Å². The van der Waals surface area contributed by atoms with Crippen molar-refractivity contribution >= 4 is 38.6 Å². The Balaban J connectivity index is 1.87. The first-order valence-corrected chi connectivity index (χ1v) is 9.93. The Kier molecular flexibility index (Phi) is 5.16. The van der Waals surface area contributed by atoms with Crippen molar-refractivity contribution in [1.82, 2.24) is 20.2 Å². The molecule has 0 amide bonds. The molecular formula is C13H10ClF2N5O3S2. The first-order valence-electron chi connectivity index (χ1n) is 6.89. The lowest BCUT2D eigenvalue weighted by atomic mass is 10.4. The van der Waals surface area contributed by atoms with Gasteiger partial charge in [0, 0.05) is 17.3 Å². The summed E-state index contributed by atoms with van der Waals surface area (Å²) >= 11 is 6.91. The highest BCUT2D eigenvalue weighted by molar-refractivity contribution is 7.92. The van der Waals surface area contributed by atoms with Crippen LogP contribution in [0.1, 0.15) is 17.2 Å². The minimum Gasteiger partial charge on any atom is -0.413 e. The second kappa shape index (κ2) is 7.21. The zero-order chi connectivity index (χ0) is 18.9. The van der Waals surface area contributed by atoms with E-state index in [9.17, 15) is 17.2 Å².